The van der Waals surface area contributed by atoms with Gasteiger partial charge in [-0.15, -0.1) is 0 Å². The second-order valence-corrected chi connectivity index (χ2v) is 7.06. The van der Waals surface area contributed by atoms with E-state index in [1.807, 2.05) is 23.4 Å². The van der Waals surface area contributed by atoms with Crippen molar-refractivity contribution in [2.24, 2.45) is 5.41 Å². The highest BCUT2D eigenvalue weighted by Crippen LogP contribution is 2.60. The molecule has 3 aromatic heterocycles. The summed E-state index contributed by atoms with van der Waals surface area (Å²) in [6, 6.07) is 2.01. The van der Waals surface area contributed by atoms with Crippen molar-refractivity contribution in [2.75, 3.05) is 31.1 Å². The largest absolute Gasteiger partial charge is 0.354 e. The Morgan fingerprint density at radius 3 is 3.04 bits per heavy atom. The molecule has 2 fully saturated rings. The maximum atomic E-state index is 11.5. The van der Waals surface area contributed by atoms with Gasteiger partial charge in [0.1, 0.15) is 17.8 Å². The lowest BCUT2D eigenvalue weighted by atomic mass is 10.0. The Morgan fingerprint density at radius 2 is 2.20 bits per heavy atom. The van der Waals surface area contributed by atoms with Crippen LogP contribution in [0.4, 0.5) is 5.82 Å². The van der Waals surface area contributed by atoms with Gasteiger partial charge in [0.2, 0.25) is 6.41 Å². The highest BCUT2D eigenvalue weighted by atomic mass is 16.1. The number of aromatic amines is 2. The molecule has 2 N–H and O–H groups in total. The van der Waals surface area contributed by atoms with Crippen LogP contribution in [0.1, 0.15) is 18.0 Å². The van der Waals surface area contributed by atoms with Crippen LogP contribution < -0.4 is 4.90 Å². The number of H-pyrrole nitrogens is 2. The molecule has 128 valence electrons. The molecular formula is C17H19N7O. The Bertz CT molecular complexity index is 905. The zero-order valence-corrected chi connectivity index (χ0v) is 13.7. The lowest BCUT2D eigenvalue weighted by Gasteiger charge is -2.26. The highest BCUT2D eigenvalue weighted by molar-refractivity contribution is 5.87. The molecule has 0 radical (unpaired) electrons. The third-order valence-corrected chi connectivity index (χ3v) is 5.55. The molecule has 1 aliphatic carbocycles. The first-order chi connectivity index (χ1) is 12.3. The Balaban J connectivity index is 1.51. The van der Waals surface area contributed by atoms with Gasteiger partial charge >= 0.3 is 0 Å². The van der Waals surface area contributed by atoms with E-state index in [9.17, 15) is 4.79 Å². The van der Waals surface area contributed by atoms with Crippen molar-refractivity contribution in [3.05, 3.63) is 36.8 Å². The number of nitrogens with one attached hydrogen (secondary N) is 2. The van der Waals surface area contributed by atoms with Gasteiger partial charge in [-0.2, -0.15) is 0 Å². The molecule has 1 aliphatic heterocycles. The van der Waals surface area contributed by atoms with Gasteiger partial charge in [0.05, 0.1) is 11.7 Å². The number of amides is 1. The first-order valence-electron chi connectivity index (χ1n) is 8.50. The summed E-state index contributed by atoms with van der Waals surface area (Å²) in [7, 11) is 0. The molecule has 1 spiro atoms. The monoisotopic (exact) mass is 337 g/mol. The lowest BCUT2D eigenvalue weighted by molar-refractivity contribution is -0.118. The Morgan fingerprint density at radius 1 is 1.24 bits per heavy atom. The fraction of sp³-hybridized carbons (Fsp3) is 0.412. The summed E-state index contributed by atoms with van der Waals surface area (Å²) in [5.74, 6) is 1.34. The van der Waals surface area contributed by atoms with Gasteiger partial charge in [0, 0.05) is 55.6 Å². The lowest BCUT2D eigenvalue weighted by Crippen LogP contribution is -2.32. The van der Waals surface area contributed by atoms with Crippen molar-refractivity contribution in [1.29, 1.82) is 0 Å². The van der Waals surface area contributed by atoms with E-state index in [4.69, 9.17) is 0 Å². The van der Waals surface area contributed by atoms with Crippen LogP contribution in [0, 0.1) is 5.41 Å². The maximum absolute atomic E-state index is 11.5. The summed E-state index contributed by atoms with van der Waals surface area (Å²) in [5.41, 5.74) is 2.05. The number of imidazole rings is 1. The summed E-state index contributed by atoms with van der Waals surface area (Å²) in [6.07, 6.45) is 9.13. The maximum Gasteiger partial charge on any atom is 0.209 e. The number of hydrogen-bond donors (Lipinski definition) is 2. The van der Waals surface area contributed by atoms with Crippen LogP contribution in [0.5, 0.6) is 0 Å². The fourth-order valence-electron chi connectivity index (χ4n) is 4.22. The number of rotatable bonds is 3. The molecule has 1 saturated carbocycles. The van der Waals surface area contributed by atoms with E-state index in [-0.39, 0.29) is 5.41 Å². The third kappa shape index (κ3) is 2.28. The molecule has 1 saturated heterocycles. The van der Waals surface area contributed by atoms with E-state index in [0.717, 1.165) is 55.0 Å². The molecule has 2 aliphatic rings. The van der Waals surface area contributed by atoms with Crippen LogP contribution in [0.15, 0.2) is 31.1 Å². The summed E-state index contributed by atoms with van der Waals surface area (Å²) in [6.45, 7) is 3.13. The smallest absolute Gasteiger partial charge is 0.209 e. The van der Waals surface area contributed by atoms with E-state index in [1.54, 1.807) is 12.7 Å². The number of hydrogen-bond acceptors (Lipinski definition) is 5. The number of nitrogens with zero attached hydrogens (tertiary/aromatic N) is 5. The number of fused-ring (bicyclic) bond motifs is 1. The van der Waals surface area contributed by atoms with Crippen molar-refractivity contribution in [3.63, 3.8) is 0 Å². The van der Waals surface area contributed by atoms with E-state index >= 15 is 0 Å². The topological polar surface area (TPSA) is 93.8 Å². The SMILES string of the molecule is O=CN1CCN(c2ncnc3[nH]ccc23)CC2(CC2c2cnc[nH]2)C1. The zero-order chi connectivity index (χ0) is 16.9. The number of carbonyl (C=O) groups excluding carboxylic acids is 1. The summed E-state index contributed by atoms with van der Waals surface area (Å²) in [5, 5.41) is 1.02. The van der Waals surface area contributed by atoms with Gasteiger partial charge in [0.25, 0.3) is 0 Å². The van der Waals surface area contributed by atoms with Crippen LogP contribution in [-0.2, 0) is 4.79 Å². The molecular weight excluding hydrogens is 318 g/mol. The molecule has 2 atom stereocenters. The first-order valence-corrected chi connectivity index (χ1v) is 8.50. The normalized spacial score (nSPS) is 26.2. The van der Waals surface area contributed by atoms with E-state index in [2.05, 4.69) is 29.8 Å². The Hall–Kier alpha value is -2.90. The predicted molar refractivity (Wildman–Crippen MR) is 92.1 cm³/mol. The van der Waals surface area contributed by atoms with Crippen LogP contribution in [0.2, 0.25) is 0 Å². The minimum absolute atomic E-state index is 0.0531. The van der Waals surface area contributed by atoms with Crippen LogP contribution in [-0.4, -0.2) is 62.4 Å². The average molecular weight is 337 g/mol. The predicted octanol–water partition coefficient (Wildman–Crippen LogP) is 1.13. The van der Waals surface area contributed by atoms with Crippen LogP contribution in [0.3, 0.4) is 0 Å². The van der Waals surface area contributed by atoms with Gasteiger partial charge in [-0.25, -0.2) is 15.0 Å². The molecule has 0 bridgehead atoms. The number of aromatic nitrogens is 5. The van der Waals surface area contributed by atoms with Crippen molar-refractivity contribution in [2.45, 2.75) is 12.3 Å². The van der Waals surface area contributed by atoms with Gasteiger partial charge in [0.15, 0.2) is 0 Å². The molecule has 1 amide bonds. The van der Waals surface area contributed by atoms with Crippen LogP contribution >= 0.6 is 0 Å². The number of anilines is 1. The van der Waals surface area contributed by atoms with Gasteiger partial charge in [-0.3, -0.25) is 4.79 Å². The second-order valence-electron chi connectivity index (χ2n) is 7.06. The Kier molecular flexibility index (Phi) is 3.06. The summed E-state index contributed by atoms with van der Waals surface area (Å²) >= 11 is 0. The second kappa shape index (κ2) is 5.30. The summed E-state index contributed by atoms with van der Waals surface area (Å²) in [4.78, 5) is 35.1. The molecule has 0 aromatic carbocycles. The van der Waals surface area contributed by atoms with Gasteiger partial charge < -0.3 is 19.8 Å². The highest BCUT2D eigenvalue weighted by Gasteiger charge is 2.58. The first kappa shape index (κ1) is 14.4. The van der Waals surface area contributed by atoms with E-state index < -0.39 is 0 Å². The molecule has 4 heterocycles. The average Bonchev–Trinajstić information content (AvgIpc) is 3.01. The van der Waals surface area contributed by atoms with Crippen molar-refractivity contribution < 1.29 is 4.79 Å². The minimum Gasteiger partial charge on any atom is -0.354 e. The third-order valence-electron chi connectivity index (χ3n) is 5.55. The fourth-order valence-corrected chi connectivity index (χ4v) is 4.22. The quantitative estimate of drug-likeness (QED) is 0.699. The Labute approximate surface area is 144 Å². The number of carbonyl (C=O) groups is 1. The van der Waals surface area contributed by atoms with E-state index in [1.165, 1.54) is 0 Å². The summed E-state index contributed by atoms with van der Waals surface area (Å²) < 4.78 is 0. The van der Waals surface area contributed by atoms with Crippen molar-refractivity contribution >= 4 is 23.3 Å². The van der Waals surface area contributed by atoms with Gasteiger partial charge in [-0.1, -0.05) is 0 Å². The van der Waals surface area contributed by atoms with Crippen molar-refractivity contribution in [1.82, 2.24) is 29.8 Å². The van der Waals surface area contributed by atoms with Crippen LogP contribution in [0.25, 0.3) is 11.0 Å². The molecule has 2 unspecified atom stereocenters. The zero-order valence-electron chi connectivity index (χ0n) is 13.7. The van der Waals surface area contributed by atoms with Gasteiger partial charge in [-0.05, 0) is 12.5 Å². The molecule has 8 heteroatoms. The minimum atomic E-state index is 0.0531. The van der Waals surface area contributed by atoms with Crippen molar-refractivity contribution in [3.8, 4) is 0 Å². The standard InChI is InChI=1S/C17H19N7O/c25-11-23-3-4-24(16-12-1-2-19-15(12)21-10-22-16)8-17(7-23)5-13(17)14-6-18-9-20-14/h1-2,6,9-11,13H,3-5,7-8H2,(H,18,20)(H,19,21,22). The molecule has 25 heavy (non-hydrogen) atoms. The molecule has 5 rings (SSSR count). The molecule has 3 aromatic rings. The molecule has 8 nitrogen and oxygen atoms in total. The van der Waals surface area contributed by atoms with E-state index in [0.29, 0.717) is 12.5 Å².